The fourth-order valence-electron chi connectivity index (χ4n) is 2.84. The summed E-state index contributed by atoms with van der Waals surface area (Å²) in [6, 6.07) is 11.1. The smallest absolute Gasteiger partial charge is 0.0564 e. The summed E-state index contributed by atoms with van der Waals surface area (Å²) >= 11 is 1.74. The molecule has 3 nitrogen and oxygen atoms in total. The van der Waals surface area contributed by atoms with Crippen LogP contribution in [0.2, 0.25) is 0 Å². The molecule has 1 aromatic heterocycles. The number of nitrogens with zero attached hydrogens (tertiary/aromatic N) is 1. The molecule has 1 aromatic carbocycles. The molecule has 0 bridgehead atoms. The fourth-order valence-corrected chi connectivity index (χ4v) is 3.51. The summed E-state index contributed by atoms with van der Waals surface area (Å²) in [5.41, 5.74) is 4.04. The topological polar surface area (TPSA) is 35.5 Å². The van der Waals surface area contributed by atoms with Crippen LogP contribution in [0.5, 0.6) is 0 Å². The molecule has 2 heterocycles. The highest BCUT2D eigenvalue weighted by Crippen LogP contribution is 2.14. The first-order chi connectivity index (χ1) is 10.8. The Morgan fingerprint density at radius 2 is 1.68 bits per heavy atom. The Balaban J connectivity index is 1.43. The number of hydrogen-bond acceptors (Lipinski definition) is 4. The van der Waals surface area contributed by atoms with E-state index in [-0.39, 0.29) is 6.10 Å². The zero-order chi connectivity index (χ0) is 15.2. The van der Waals surface area contributed by atoms with Crippen molar-refractivity contribution in [2.75, 3.05) is 13.1 Å². The number of rotatable bonds is 6. The van der Waals surface area contributed by atoms with Crippen molar-refractivity contribution in [3.63, 3.8) is 0 Å². The van der Waals surface area contributed by atoms with E-state index in [2.05, 4.69) is 51.3 Å². The third-order valence-corrected chi connectivity index (χ3v) is 4.96. The Morgan fingerprint density at radius 3 is 2.36 bits per heavy atom. The van der Waals surface area contributed by atoms with E-state index in [1.807, 2.05) is 0 Å². The van der Waals surface area contributed by atoms with E-state index in [4.69, 9.17) is 0 Å². The maximum Gasteiger partial charge on any atom is 0.0564 e. The van der Waals surface area contributed by atoms with Gasteiger partial charge >= 0.3 is 0 Å². The molecule has 1 aliphatic rings. The van der Waals surface area contributed by atoms with Crippen molar-refractivity contribution >= 4 is 11.3 Å². The van der Waals surface area contributed by atoms with Crippen molar-refractivity contribution < 1.29 is 5.11 Å². The maximum absolute atomic E-state index is 9.55. The van der Waals surface area contributed by atoms with Crippen LogP contribution in [0, 0.1) is 0 Å². The van der Waals surface area contributed by atoms with Crippen LogP contribution in [0.3, 0.4) is 0 Å². The number of benzene rings is 1. The van der Waals surface area contributed by atoms with Crippen molar-refractivity contribution in [3.8, 4) is 0 Å². The quantitative estimate of drug-likeness (QED) is 0.860. The molecule has 1 fully saturated rings. The van der Waals surface area contributed by atoms with Gasteiger partial charge in [-0.1, -0.05) is 24.3 Å². The number of aliphatic hydroxyl groups excluding tert-OH is 1. The number of likely N-dealkylation sites (tertiary alicyclic amines) is 1. The van der Waals surface area contributed by atoms with Crippen LogP contribution in [-0.4, -0.2) is 29.2 Å². The molecule has 0 unspecified atom stereocenters. The molecule has 1 saturated heterocycles. The van der Waals surface area contributed by atoms with Gasteiger partial charge in [-0.15, -0.1) is 0 Å². The van der Waals surface area contributed by atoms with E-state index in [1.54, 1.807) is 11.3 Å². The molecule has 2 aromatic rings. The van der Waals surface area contributed by atoms with Gasteiger partial charge in [-0.05, 0) is 46.4 Å². The van der Waals surface area contributed by atoms with Crippen LogP contribution in [0.1, 0.15) is 29.5 Å². The van der Waals surface area contributed by atoms with E-state index < -0.39 is 0 Å². The first-order valence-corrected chi connectivity index (χ1v) is 8.94. The summed E-state index contributed by atoms with van der Waals surface area (Å²) in [5.74, 6) is 0. The normalized spacial score (nSPS) is 17.0. The predicted octanol–water partition coefficient (Wildman–Crippen LogP) is 2.99. The molecular weight excluding hydrogens is 292 g/mol. The minimum atomic E-state index is -0.0899. The second-order valence-corrected chi connectivity index (χ2v) is 6.84. The van der Waals surface area contributed by atoms with E-state index in [0.717, 1.165) is 45.6 Å². The van der Waals surface area contributed by atoms with Crippen LogP contribution in [0.15, 0.2) is 41.1 Å². The number of hydrogen-bond donors (Lipinski definition) is 2. The molecule has 0 saturated carbocycles. The molecule has 0 spiro atoms. The Hall–Kier alpha value is -1.20. The second kappa shape index (κ2) is 7.88. The molecule has 118 valence electrons. The molecule has 0 aliphatic carbocycles. The average molecular weight is 316 g/mol. The minimum Gasteiger partial charge on any atom is -0.393 e. The Kier molecular flexibility index (Phi) is 5.62. The monoisotopic (exact) mass is 316 g/mol. The highest BCUT2D eigenvalue weighted by Gasteiger charge is 2.16. The second-order valence-electron chi connectivity index (χ2n) is 6.06. The summed E-state index contributed by atoms with van der Waals surface area (Å²) < 4.78 is 0. The van der Waals surface area contributed by atoms with Crippen LogP contribution in [-0.2, 0) is 19.6 Å². The number of aliphatic hydroxyl groups is 1. The highest BCUT2D eigenvalue weighted by molar-refractivity contribution is 7.07. The van der Waals surface area contributed by atoms with Gasteiger partial charge in [-0.25, -0.2) is 0 Å². The standard InChI is InChI=1S/C18H24N2OS/c21-18-5-8-20(9-6-18)13-16-3-1-15(2-4-16)11-19-12-17-7-10-22-14-17/h1-4,7,10,14,18-19,21H,5-6,8-9,11-13H2. The lowest BCUT2D eigenvalue weighted by molar-refractivity contribution is 0.0792. The highest BCUT2D eigenvalue weighted by atomic mass is 32.1. The summed E-state index contributed by atoms with van der Waals surface area (Å²) in [6.07, 6.45) is 1.72. The van der Waals surface area contributed by atoms with Crippen molar-refractivity contribution in [2.24, 2.45) is 0 Å². The van der Waals surface area contributed by atoms with Gasteiger partial charge in [0.25, 0.3) is 0 Å². The molecule has 0 radical (unpaired) electrons. The lowest BCUT2D eigenvalue weighted by Gasteiger charge is -2.29. The van der Waals surface area contributed by atoms with Crippen LogP contribution >= 0.6 is 11.3 Å². The van der Waals surface area contributed by atoms with Gasteiger partial charge in [0.1, 0.15) is 0 Å². The number of nitrogens with one attached hydrogen (secondary N) is 1. The first-order valence-electron chi connectivity index (χ1n) is 7.99. The number of piperidine rings is 1. The van der Waals surface area contributed by atoms with E-state index in [9.17, 15) is 5.11 Å². The lowest BCUT2D eigenvalue weighted by Crippen LogP contribution is -2.35. The zero-order valence-electron chi connectivity index (χ0n) is 12.9. The van der Waals surface area contributed by atoms with Crippen molar-refractivity contribution in [2.45, 2.75) is 38.6 Å². The van der Waals surface area contributed by atoms with E-state index in [0.29, 0.717) is 0 Å². The van der Waals surface area contributed by atoms with Gasteiger partial charge in [0.2, 0.25) is 0 Å². The van der Waals surface area contributed by atoms with Crippen LogP contribution in [0.4, 0.5) is 0 Å². The van der Waals surface area contributed by atoms with Gasteiger partial charge in [0.05, 0.1) is 6.10 Å². The van der Waals surface area contributed by atoms with Crippen molar-refractivity contribution in [1.82, 2.24) is 10.2 Å². The van der Waals surface area contributed by atoms with Gasteiger partial charge in [-0.3, -0.25) is 4.90 Å². The Morgan fingerprint density at radius 1 is 1.00 bits per heavy atom. The zero-order valence-corrected chi connectivity index (χ0v) is 13.7. The summed E-state index contributed by atoms with van der Waals surface area (Å²) in [5, 5.41) is 17.3. The Bertz CT molecular complexity index is 545. The Labute approximate surface area is 136 Å². The summed E-state index contributed by atoms with van der Waals surface area (Å²) in [6.45, 7) is 4.85. The van der Waals surface area contributed by atoms with Crippen LogP contribution in [0.25, 0.3) is 0 Å². The SMILES string of the molecule is OC1CCN(Cc2ccc(CNCc3ccsc3)cc2)CC1. The van der Waals surface area contributed by atoms with Crippen molar-refractivity contribution in [3.05, 3.63) is 57.8 Å². The summed E-state index contributed by atoms with van der Waals surface area (Å²) in [7, 11) is 0. The largest absolute Gasteiger partial charge is 0.393 e. The van der Waals surface area contributed by atoms with Gasteiger partial charge < -0.3 is 10.4 Å². The van der Waals surface area contributed by atoms with Crippen molar-refractivity contribution in [1.29, 1.82) is 0 Å². The third-order valence-electron chi connectivity index (χ3n) is 4.22. The van der Waals surface area contributed by atoms with Gasteiger partial charge in [-0.2, -0.15) is 11.3 Å². The maximum atomic E-state index is 9.55. The minimum absolute atomic E-state index is 0.0899. The van der Waals surface area contributed by atoms with Gasteiger partial charge in [0.15, 0.2) is 0 Å². The fraction of sp³-hybridized carbons (Fsp3) is 0.444. The van der Waals surface area contributed by atoms with Crippen LogP contribution < -0.4 is 5.32 Å². The molecule has 0 amide bonds. The lowest BCUT2D eigenvalue weighted by atomic mass is 10.1. The molecule has 2 N–H and O–H groups in total. The molecular formula is C18H24N2OS. The van der Waals surface area contributed by atoms with E-state index in [1.165, 1.54) is 16.7 Å². The average Bonchev–Trinajstić information content (AvgIpc) is 3.05. The molecule has 3 rings (SSSR count). The predicted molar refractivity (Wildman–Crippen MR) is 91.8 cm³/mol. The third kappa shape index (κ3) is 4.65. The summed E-state index contributed by atoms with van der Waals surface area (Å²) in [4.78, 5) is 2.43. The molecule has 4 heteroatoms. The first kappa shape index (κ1) is 15.7. The molecule has 22 heavy (non-hydrogen) atoms. The van der Waals surface area contributed by atoms with E-state index >= 15 is 0 Å². The van der Waals surface area contributed by atoms with Gasteiger partial charge in [0, 0.05) is 32.7 Å². The molecule has 1 aliphatic heterocycles. The molecule has 0 atom stereocenters. The number of thiophene rings is 1.